The van der Waals surface area contributed by atoms with Crippen molar-refractivity contribution in [1.29, 1.82) is 0 Å². The van der Waals surface area contributed by atoms with E-state index < -0.39 is 11.9 Å². The summed E-state index contributed by atoms with van der Waals surface area (Å²) in [6, 6.07) is 11.5. The molecule has 0 saturated carbocycles. The maximum absolute atomic E-state index is 11.9. The molecule has 27 heavy (non-hydrogen) atoms. The molecule has 0 radical (unpaired) electrons. The Morgan fingerprint density at radius 1 is 1.22 bits per heavy atom. The zero-order valence-electron chi connectivity index (χ0n) is 14.9. The van der Waals surface area contributed by atoms with Gasteiger partial charge in [0.15, 0.2) is 18.1 Å². The van der Waals surface area contributed by atoms with Crippen molar-refractivity contribution in [1.82, 2.24) is 5.32 Å². The van der Waals surface area contributed by atoms with Gasteiger partial charge in [-0.2, -0.15) is 0 Å². The predicted molar refractivity (Wildman–Crippen MR) is 103 cm³/mol. The molecule has 0 saturated heterocycles. The first-order valence-electron chi connectivity index (χ1n) is 8.15. The van der Waals surface area contributed by atoms with Crippen LogP contribution in [0.5, 0.6) is 11.5 Å². The highest BCUT2D eigenvalue weighted by Crippen LogP contribution is 2.26. The van der Waals surface area contributed by atoms with Crippen LogP contribution in [0.3, 0.4) is 0 Å². The molecule has 142 valence electrons. The van der Waals surface area contributed by atoms with E-state index in [9.17, 15) is 14.7 Å². The molecule has 2 aromatic rings. The van der Waals surface area contributed by atoms with E-state index in [0.29, 0.717) is 16.3 Å². The lowest BCUT2D eigenvalue weighted by molar-refractivity contribution is -0.144. The van der Waals surface area contributed by atoms with Crippen LogP contribution in [-0.4, -0.2) is 30.7 Å². The molecule has 1 amide bonds. The van der Waals surface area contributed by atoms with Gasteiger partial charge in [0.25, 0.3) is 5.91 Å². The number of hydrogen-bond acceptors (Lipinski definition) is 5. The molecule has 2 N–H and O–H groups in total. The lowest BCUT2D eigenvalue weighted by Gasteiger charge is -2.14. The first kappa shape index (κ1) is 20.3. The van der Waals surface area contributed by atoms with Crippen LogP contribution in [0.4, 0.5) is 0 Å². The number of aromatic hydroxyl groups is 1. The fraction of sp³-hybridized carbons (Fsp3) is 0.200. The molecular weight excluding hydrogens is 370 g/mol. The van der Waals surface area contributed by atoms with E-state index >= 15 is 0 Å². The Balaban J connectivity index is 1.82. The Kier molecular flexibility index (Phi) is 7.25. The van der Waals surface area contributed by atoms with E-state index in [-0.39, 0.29) is 18.4 Å². The zero-order chi connectivity index (χ0) is 19.8. The Morgan fingerprint density at radius 2 is 1.93 bits per heavy atom. The quantitative estimate of drug-likeness (QED) is 0.559. The van der Waals surface area contributed by atoms with Crippen LogP contribution in [0.1, 0.15) is 24.1 Å². The van der Waals surface area contributed by atoms with E-state index in [0.717, 1.165) is 5.56 Å². The largest absolute Gasteiger partial charge is 0.504 e. The standard InChI is InChI=1S/C20H20ClNO5/c1-13(15-5-7-16(21)8-6-15)22-19(24)12-27-20(25)10-4-14-3-9-17(23)18(11-14)26-2/h3-11,13,23H,12H2,1-2H3,(H,22,24)/b10-4+/t13-/m0/s1. The van der Waals surface area contributed by atoms with E-state index in [2.05, 4.69) is 5.32 Å². The number of phenols is 1. The van der Waals surface area contributed by atoms with Gasteiger partial charge in [-0.1, -0.05) is 29.8 Å². The predicted octanol–water partition coefficient (Wildman–Crippen LogP) is 3.49. The summed E-state index contributed by atoms with van der Waals surface area (Å²) in [5.41, 5.74) is 1.53. The van der Waals surface area contributed by atoms with Crippen molar-refractivity contribution in [2.24, 2.45) is 0 Å². The molecule has 0 bridgehead atoms. The number of phenolic OH excluding ortho intramolecular Hbond substituents is 1. The molecule has 6 nitrogen and oxygen atoms in total. The number of amides is 1. The van der Waals surface area contributed by atoms with E-state index in [1.54, 1.807) is 24.3 Å². The minimum atomic E-state index is -0.656. The molecule has 0 heterocycles. The van der Waals surface area contributed by atoms with E-state index in [4.69, 9.17) is 21.1 Å². The van der Waals surface area contributed by atoms with Crippen LogP contribution in [0.25, 0.3) is 6.08 Å². The number of esters is 1. The maximum Gasteiger partial charge on any atom is 0.331 e. The van der Waals surface area contributed by atoms with Crippen molar-refractivity contribution >= 4 is 29.6 Å². The number of hydrogen-bond donors (Lipinski definition) is 2. The van der Waals surface area contributed by atoms with Crippen molar-refractivity contribution in [3.63, 3.8) is 0 Å². The summed E-state index contributed by atoms with van der Waals surface area (Å²) in [6.07, 6.45) is 2.69. The van der Waals surface area contributed by atoms with Crippen LogP contribution in [0, 0.1) is 0 Å². The molecular formula is C20H20ClNO5. The highest BCUT2D eigenvalue weighted by atomic mass is 35.5. The lowest BCUT2D eigenvalue weighted by atomic mass is 10.1. The van der Waals surface area contributed by atoms with Crippen LogP contribution in [-0.2, 0) is 14.3 Å². The van der Waals surface area contributed by atoms with Gasteiger partial charge in [-0.15, -0.1) is 0 Å². The van der Waals surface area contributed by atoms with Crippen molar-refractivity contribution < 1.29 is 24.2 Å². The minimum absolute atomic E-state index is 0.00343. The molecule has 0 fully saturated rings. The molecule has 0 aliphatic carbocycles. The molecule has 0 aromatic heterocycles. The van der Waals surface area contributed by atoms with Gasteiger partial charge in [0.2, 0.25) is 0 Å². The van der Waals surface area contributed by atoms with Crippen molar-refractivity contribution in [2.75, 3.05) is 13.7 Å². The highest BCUT2D eigenvalue weighted by molar-refractivity contribution is 6.30. The van der Waals surface area contributed by atoms with E-state index in [1.165, 1.54) is 25.3 Å². The first-order valence-corrected chi connectivity index (χ1v) is 8.53. The number of ether oxygens (including phenoxy) is 2. The first-order chi connectivity index (χ1) is 12.9. The monoisotopic (exact) mass is 389 g/mol. The molecule has 2 aromatic carbocycles. The van der Waals surface area contributed by atoms with Crippen LogP contribution in [0.15, 0.2) is 48.5 Å². The third-order valence-electron chi connectivity index (χ3n) is 3.71. The number of carbonyl (C=O) groups excluding carboxylic acids is 2. The second-order valence-corrected chi connectivity index (χ2v) is 6.15. The second-order valence-electron chi connectivity index (χ2n) is 5.71. The van der Waals surface area contributed by atoms with Crippen molar-refractivity contribution in [3.05, 3.63) is 64.7 Å². The van der Waals surface area contributed by atoms with Gasteiger partial charge in [0.1, 0.15) is 0 Å². The van der Waals surface area contributed by atoms with Gasteiger partial charge in [-0.25, -0.2) is 4.79 Å². The van der Waals surface area contributed by atoms with Gasteiger partial charge in [0.05, 0.1) is 13.2 Å². The zero-order valence-corrected chi connectivity index (χ0v) is 15.7. The summed E-state index contributed by atoms with van der Waals surface area (Å²) >= 11 is 5.83. The number of nitrogens with one attached hydrogen (secondary N) is 1. The Morgan fingerprint density at radius 3 is 2.59 bits per heavy atom. The topological polar surface area (TPSA) is 84.9 Å². The summed E-state index contributed by atoms with van der Waals surface area (Å²) in [5, 5.41) is 12.9. The molecule has 0 spiro atoms. The second kappa shape index (κ2) is 9.64. The smallest absolute Gasteiger partial charge is 0.331 e. The number of methoxy groups -OCH3 is 1. The third-order valence-corrected chi connectivity index (χ3v) is 3.96. The molecule has 7 heteroatoms. The van der Waals surface area contributed by atoms with Crippen LogP contribution < -0.4 is 10.1 Å². The summed E-state index contributed by atoms with van der Waals surface area (Å²) in [4.78, 5) is 23.7. The molecule has 1 atom stereocenters. The summed E-state index contributed by atoms with van der Waals surface area (Å²) < 4.78 is 9.91. The Hall–Kier alpha value is -2.99. The summed E-state index contributed by atoms with van der Waals surface area (Å²) in [7, 11) is 1.43. The summed E-state index contributed by atoms with van der Waals surface area (Å²) in [6.45, 7) is 1.43. The molecule has 0 unspecified atom stereocenters. The minimum Gasteiger partial charge on any atom is -0.504 e. The van der Waals surface area contributed by atoms with Crippen molar-refractivity contribution in [2.45, 2.75) is 13.0 Å². The van der Waals surface area contributed by atoms with Crippen LogP contribution >= 0.6 is 11.6 Å². The van der Waals surface area contributed by atoms with E-state index in [1.807, 2.05) is 19.1 Å². The number of benzene rings is 2. The fourth-order valence-electron chi connectivity index (χ4n) is 2.26. The number of halogens is 1. The Bertz CT molecular complexity index is 833. The van der Waals surface area contributed by atoms with Crippen LogP contribution in [0.2, 0.25) is 5.02 Å². The fourth-order valence-corrected chi connectivity index (χ4v) is 2.39. The number of rotatable bonds is 7. The van der Waals surface area contributed by atoms with Gasteiger partial charge in [0, 0.05) is 11.1 Å². The van der Waals surface area contributed by atoms with Gasteiger partial charge in [-0.05, 0) is 48.4 Å². The SMILES string of the molecule is COc1cc(/C=C/C(=O)OCC(=O)N[C@@H](C)c2ccc(Cl)cc2)ccc1O. The third kappa shape index (κ3) is 6.34. The highest BCUT2D eigenvalue weighted by Gasteiger charge is 2.11. The summed E-state index contributed by atoms with van der Waals surface area (Å²) in [5.74, 6) is -0.772. The average Bonchev–Trinajstić information content (AvgIpc) is 2.66. The normalized spacial score (nSPS) is 11.8. The number of carbonyl (C=O) groups is 2. The maximum atomic E-state index is 11.9. The average molecular weight is 390 g/mol. The van der Waals surface area contributed by atoms with Gasteiger partial charge < -0.3 is 19.9 Å². The van der Waals surface area contributed by atoms with Crippen molar-refractivity contribution in [3.8, 4) is 11.5 Å². The molecule has 0 aliphatic heterocycles. The lowest BCUT2D eigenvalue weighted by Crippen LogP contribution is -2.30. The molecule has 0 aliphatic rings. The Labute approximate surface area is 162 Å². The molecule has 2 rings (SSSR count). The van der Waals surface area contributed by atoms with Gasteiger partial charge >= 0.3 is 5.97 Å². The van der Waals surface area contributed by atoms with Gasteiger partial charge in [-0.3, -0.25) is 4.79 Å².